The number of carbonyl (C=O) groups excluding carboxylic acids is 1. The lowest BCUT2D eigenvalue weighted by molar-refractivity contribution is -0.121. The zero-order valence-corrected chi connectivity index (χ0v) is 18.1. The molecule has 0 saturated heterocycles. The third-order valence-corrected chi connectivity index (χ3v) is 6.50. The van der Waals surface area contributed by atoms with E-state index in [-0.39, 0.29) is 29.9 Å². The Morgan fingerprint density at radius 3 is 2.31 bits per heavy atom. The number of likely N-dealkylation sites (N-methyl/N-ethyl adjacent to an activating group) is 1. The first kappa shape index (κ1) is 22.9. The molecule has 2 rings (SSSR count). The standard InChI is InChI=1S/C22H30N2O4S/c1-4-24(29(26,27)21-15-13-20(14-16-21)28-5-2)17-22(25)23-18(3)11-12-19-9-7-6-8-10-19/h6-10,13-16,18H,4-5,11-12,17H2,1-3H3,(H,23,25)/t18-/m0/s1. The van der Waals surface area contributed by atoms with E-state index in [4.69, 9.17) is 4.74 Å². The molecule has 0 aliphatic rings. The molecule has 1 amide bonds. The maximum absolute atomic E-state index is 12.9. The lowest BCUT2D eigenvalue weighted by Gasteiger charge is -2.22. The summed E-state index contributed by atoms with van der Waals surface area (Å²) in [5.74, 6) is 0.307. The minimum Gasteiger partial charge on any atom is -0.494 e. The van der Waals surface area contributed by atoms with Gasteiger partial charge in [0, 0.05) is 12.6 Å². The summed E-state index contributed by atoms with van der Waals surface area (Å²) in [4.78, 5) is 12.6. The summed E-state index contributed by atoms with van der Waals surface area (Å²) < 4.78 is 32.3. The van der Waals surface area contributed by atoms with Crippen molar-refractivity contribution >= 4 is 15.9 Å². The molecule has 0 aliphatic carbocycles. The molecule has 0 radical (unpaired) electrons. The second-order valence-electron chi connectivity index (χ2n) is 6.83. The molecule has 0 fully saturated rings. The number of ether oxygens (including phenoxy) is 1. The van der Waals surface area contributed by atoms with Crippen LogP contribution in [-0.2, 0) is 21.2 Å². The first-order valence-electron chi connectivity index (χ1n) is 9.93. The van der Waals surface area contributed by atoms with Gasteiger partial charge in [-0.25, -0.2) is 8.42 Å². The Morgan fingerprint density at radius 1 is 1.07 bits per heavy atom. The number of nitrogens with one attached hydrogen (secondary N) is 1. The summed E-state index contributed by atoms with van der Waals surface area (Å²) in [5.41, 5.74) is 1.21. The minimum absolute atomic E-state index is 0.0467. The fourth-order valence-corrected chi connectivity index (χ4v) is 4.38. The molecule has 0 spiro atoms. The molecule has 0 heterocycles. The van der Waals surface area contributed by atoms with Crippen LogP contribution in [0.2, 0.25) is 0 Å². The second kappa shape index (κ2) is 11.0. The van der Waals surface area contributed by atoms with Crippen molar-refractivity contribution in [3.05, 3.63) is 60.2 Å². The molecule has 1 atom stereocenters. The number of rotatable bonds is 11. The van der Waals surface area contributed by atoms with Gasteiger partial charge in [0.2, 0.25) is 15.9 Å². The monoisotopic (exact) mass is 418 g/mol. The normalized spacial score (nSPS) is 12.6. The van der Waals surface area contributed by atoms with E-state index >= 15 is 0 Å². The van der Waals surface area contributed by atoms with Gasteiger partial charge in [0.25, 0.3) is 0 Å². The van der Waals surface area contributed by atoms with Crippen LogP contribution < -0.4 is 10.1 Å². The van der Waals surface area contributed by atoms with Crippen LogP contribution in [0, 0.1) is 0 Å². The van der Waals surface area contributed by atoms with E-state index in [9.17, 15) is 13.2 Å². The third-order valence-electron chi connectivity index (χ3n) is 4.56. The van der Waals surface area contributed by atoms with Gasteiger partial charge in [-0.2, -0.15) is 4.31 Å². The number of amides is 1. The molecule has 1 N–H and O–H groups in total. The van der Waals surface area contributed by atoms with Crippen LogP contribution >= 0.6 is 0 Å². The van der Waals surface area contributed by atoms with Gasteiger partial charge >= 0.3 is 0 Å². The summed E-state index contributed by atoms with van der Waals surface area (Å²) in [5, 5.41) is 2.90. The molecular weight excluding hydrogens is 388 g/mol. The van der Waals surface area contributed by atoms with Crippen LogP contribution in [0.15, 0.2) is 59.5 Å². The van der Waals surface area contributed by atoms with Crippen molar-refractivity contribution in [3.63, 3.8) is 0 Å². The third kappa shape index (κ3) is 6.87. The topological polar surface area (TPSA) is 75.7 Å². The maximum Gasteiger partial charge on any atom is 0.243 e. The molecule has 0 aliphatic heterocycles. The summed E-state index contributed by atoms with van der Waals surface area (Å²) in [6.07, 6.45) is 1.64. The largest absolute Gasteiger partial charge is 0.494 e. The highest BCUT2D eigenvalue weighted by Crippen LogP contribution is 2.19. The van der Waals surface area contributed by atoms with Gasteiger partial charge in [-0.05, 0) is 56.5 Å². The summed E-state index contributed by atoms with van der Waals surface area (Å²) >= 11 is 0. The highest BCUT2D eigenvalue weighted by atomic mass is 32.2. The summed E-state index contributed by atoms with van der Waals surface area (Å²) in [7, 11) is -3.75. The number of hydrogen-bond donors (Lipinski definition) is 1. The molecule has 0 bridgehead atoms. The molecule has 2 aromatic carbocycles. The first-order chi connectivity index (χ1) is 13.9. The van der Waals surface area contributed by atoms with Crippen molar-refractivity contribution < 1.29 is 17.9 Å². The number of aryl methyl sites for hydroxylation is 1. The van der Waals surface area contributed by atoms with Gasteiger partial charge in [0.05, 0.1) is 18.0 Å². The molecule has 7 heteroatoms. The van der Waals surface area contributed by atoms with Crippen molar-refractivity contribution in [1.29, 1.82) is 0 Å². The van der Waals surface area contributed by atoms with E-state index in [0.717, 1.165) is 12.8 Å². The van der Waals surface area contributed by atoms with E-state index in [1.807, 2.05) is 32.0 Å². The van der Waals surface area contributed by atoms with Crippen LogP contribution in [0.3, 0.4) is 0 Å². The van der Waals surface area contributed by atoms with Crippen molar-refractivity contribution in [2.75, 3.05) is 19.7 Å². The number of nitrogens with zero attached hydrogens (tertiary/aromatic N) is 1. The Hall–Kier alpha value is -2.38. The molecule has 0 saturated carbocycles. The van der Waals surface area contributed by atoms with Gasteiger partial charge in [-0.15, -0.1) is 0 Å². The van der Waals surface area contributed by atoms with E-state index in [2.05, 4.69) is 17.4 Å². The fraction of sp³-hybridized carbons (Fsp3) is 0.409. The van der Waals surface area contributed by atoms with E-state index < -0.39 is 10.0 Å². The number of carbonyl (C=O) groups is 1. The number of hydrogen-bond acceptors (Lipinski definition) is 4. The van der Waals surface area contributed by atoms with Crippen molar-refractivity contribution in [2.24, 2.45) is 0 Å². The maximum atomic E-state index is 12.9. The van der Waals surface area contributed by atoms with Crippen LogP contribution in [-0.4, -0.2) is 44.4 Å². The lowest BCUT2D eigenvalue weighted by atomic mass is 10.1. The van der Waals surface area contributed by atoms with Gasteiger partial charge < -0.3 is 10.1 Å². The number of sulfonamides is 1. The van der Waals surface area contributed by atoms with Gasteiger partial charge in [0.1, 0.15) is 5.75 Å². The first-order valence-corrected chi connectivity index (χ1v) is 11.4. The Balaban J connectivity index is 1.93. The fourth-order valence-electron chi connectivity index (χ4n) is 2.97. The Labute approximate surface area is 173 Å². The average molecular weight is 419 g/mol. The van der Waals surface area contributed by atoms with Crippen molar-refractivity contribution in [1.82, 2.24) is 9.62 Å². The quantitative estimate of drug-likeness (QED) is 0.608. The van der Waals surface area contributed by atoms with Crippen LogP contribution in [0.5, 0.6) is 5.75 Å². The van der Waals surface area contributed by atoms with Crippen molar-refractivity contribution in [2.45, 2.75) is 44.6 Å². The SMILES string of the molecule is CCOc1ccc(S(=O)(=O)N(CC)CC(=O)N[C@@H](C)CCc2ccccc2)cc1. The zero-order valence-electron chi connectivity index (χ0n) is 17.3. The molecule has 6 nitrogen and oxygen atoms in total. The molecule has 0 unspecified atom stereocenters. The van der Waals surface area contributed by atoms with E-state index in [1.54, 1.807) is 19.1 Å². The molecule has 29 heavy (non-hydrogen) atoms. The molecular formula is C22H30N2O4S. The second-order valence-corrected chi connectivity index (χ2v) is 8.77. The van der Waals surface area contributed by atoms with Crippen molar-refractivity contribution in [3.8, 4) is 5.75 Å². The highest BCUT2D eigenvalue weighted by molar-refractivity contribution is 7.89. The number of benzene rings is 2. The Bertz CT molecular complexity index is 867. The van der Waals surface area contributed by atoms with Crippen LogP contribution in [0.4, 0.5) is 0 Å². The molecule has 158 valence electrons. The van der Waals surface area contributed by atoms with E-state index in [0.29, 0.717) is 12.4 Å². The smallest absolute Gasteiger partial charge is 0.243 e. The summed E-state index contributed by atoms with van der Waals surface area (Å²) in [6.45, 7) is 6.03. The Kier molecular flexibility index (Phi) is 8.67. The van der Waals surface area contributed by atoms with E-state index in [1.165, 1.54) is 22.0 Å². The highest BCUT2D eigenvalue weighted by Gasteiger charge is 2.25. The van der Waals surface area contributed by atoms with Gasteiger partial charge in [-0.3, -0.25) is 4.79 Å². The lowest BCUT2D eigenvalue weighted by Crippen LogP contribution is -2.43. The van der Waals surface area contributed by atoms with Gasteiger partial charge in [-0.1, -0.05) is 37.3 Å². The Morgan fingerprint density at radius 2 is 1.72 bits per heavy atom. The predicted octanol–water partition coefficient (Wildman–Crippen LogP) is 3.23. The zero-order chi connectivity index (χ0) is 21.3. The van der Waals surface area contributed by atoms with Gasteiger partial charge in [0.15, 0.2) is 0 Å². The summed E-state index contributed by atoms with van der Waals surface area (Å²) in [6, 6.07) is 16.3. The average Bonchev–Trinajstić information content (AvgIpc) is 2.72. The predicted molar refractivity (Wildman–Crippen MR) is 114 cm³/mol. The molecule has 2 aromatic rings. The molecule has 0 aromatic heterocycles. The van der Waals surface area contributed by atoms with Crippen LogP contribution in [0.1, 0.15) is 32.8 Å². The minimum atomic E-state index is -3.75. The van der Waals surface area contributed by atoms with Crippen LogP contribution in [0.25, 0.3) is 0 Å².